The maximum Gasteiger partial charge on any atom is 0.223 e. The van der Waals surface area contributed by atoms with Gasteiger partial charge in [-0.05, 0) is 51.9 Å². The number of aliphatic hydroxyl groups excluding tert-OH is 1. The van der Waals surface area contributed by atoms with Crippen molar-refractivity contribution in [2.24, 2.45) is 11.8 Å². The maximum atomic E-state index is 12.3. The highest BCUT2D eigenvalue weighted by Crippen LogP contribution is 2.34. The van der Waals surface area contributed by atoms with Gasteiger partial charge in [0.1, 0.15) is 0 Å². The Morgan fingerprint density at radius 1 is 1.33 bits per heavy atom. The van der Waals surface area contributed by atoms with E-state index in [1.807, 2.05) is 13.8 Å². The number of hydrogen-bond donors (Lipinski definition) is 2. The van der Waals surface area contributed by atoms with Gasteiger partial charge in [0.05, 0.1) is 12.2 Å². The highest BCUT2D eigenvalue weighted by molar-refractivity contribution is 5.79. The minimum atomic E-state index is 0.0729. The predicted molar refractivity (Wildman–Crippen MR) is 69.1 cm³/mol. The van der Waals surface area contributed by atoms with Crippen LogP contribution in [0.3, 0.4) is 0 Å². The van der Waals surface area contributed by atoms with Crippen LogP contribution in [0.5, 0.6) is 0 Å². The first kappa shape index (κ1) is 13.8. The number of rotatable bonds is 5. The van der Waals surface area contributed by atoms with Crippen LogP contribution in [0.1, 0.15) is 46.0 Å². The van der Waals surface area contributed by atoms with E-state index in [0.717, 1.165) is 12.8 Å². The van der Waals surface area contributed by atoms with Crippen molar-refractivity contribution in [2.75, 3.05) is 6.61 Å². The van der Waals surface area contributed by atoms with Crippen LogP contribution >= 0.6 is 0 Å². The highest BCUT2D eigenvalue weighted by Gasteiger charge is 2.35. The minimum absolute atomic E-state index is 0.0729. The van der Waals surface area contributed by atoms with E-state index in [-0.39, 0.29) is 36.7 Å². The van der Waals surface area contributed by atoms with E-state index in [1.54, 1.807) is 0 Å². The second kappa shape index (κ2) is 6.02. The molecule has 104 valence electrons. The summed E-state index contributed by atoms with van der Waals surface area (Å²) in [6, 6.07) is 0.177. The number of aliphatic hydroxyl groups is 1. The topological polar surface area (TPSA) is 58.6 Å². The summed E-state index contributed by atoms with van der Waals surface area (Å²) in [5.74, 6) is 0.821. The Kier molecular flexibility index (Phi) is 4.62. The van der Waals surface area contributed by atoms with Crippen molar-refractivity contribution in [3.63, 3.8) is 0 Å². The largest absolute Gasteiger partial charge is 0.396 e. The molecule has 3 atom stereocenters. The van der Waals surface area contributed by atoms with Crippen LogP contribution in [0.4, 0.5) is 0 Å². The third-order valence-electron chi connectivity index (χ3n) is 4.03. The Balaban J connectivity index is 1.85. The van der Waals surface area contributed by atoms with Crippen LogP contribution < -0.4 is 5.32 Å². The zero-order valence-electron chi connectivity index (χ0n) is 11.4. The number of carbonyl (C=O) groups is 1. The number of nitrogens with one attached hydrogen (secondary N) is 1. The second-order valence-electron chi connectivity index (χ2n) is 5.89. The second-order valence-corrected chi connectivity index (χ2v) is 5.89. The molecule has 1 heterocycles. The number of hydrogen-bond acceptors (Lipinski definition) is 3. The van der Waals surface area contributed by atoms with E-state index in [9.17, 15) is 4.79 Å². The summed E-state index contributed by atoms with van der Waals surface area (Å²) in [5, 5.41) is 12.2. The van der Waals surface area contributed by atoms with E-state index in [1.165, 1.54) is 12.8 Å². The number of carbonyl (C=O) groups excluding carboxylic acids is 1. The molecule has 18 heavy (non-hydrogen) atoms. The van der Waals surface area contributed by atoms with E-state index in [2.05, 4.69) is 5.32 Å². The molecule has 1 aliphatic carbocycles. The van der Waals surface area contributed by atoms with Gasteiger partial charge in [0, 0.05) is 18.6 Å². The van der Waals surface area contributed by atoms with Crippen molar-refractivity contribution in [1.29, 1.82) is 0 Å². The quantitative estimate of drug-likeness (QED) is 0.782. The van der Waals surface area contributed by atoms with Gasteiger partial charge in [0.25, 0.3) is 0 Å². The van der Waals surface area contributed by atoms with Crippen LogP contribution in [0.15, 0.2) is 0 Å². The molecule has 0 spiro atoms. The van der Waals surface area contributed by atoms with Gasteiger partial charge in [0.2, 0.25) is 5.91 Å². The fourth-order valence-corrected chi connectivity index (χ4v) is 2.98. The van der Waals surface area contributed by atoms with Crippen molar-refractivity contribution in [1.82, 2.24) is 5.32 Å². The lowest BCUT2D eigenvalue weighted by Gasteiger charge is -2.32. The molecule has 1 amide bonds. The van der Waals surface area contributed by atoms with Crippen molar-refractivity contribution >= 4 is 5.91 Å². The lowest BCUT2D eigenvalue weighted by Crippen LogP contribution is -2.44. The summed E-state index contributed by atoms with van der Waals surface area (Å²) >= 11 is 0. The lowest BCUT2D eigenvalue weighted by atomic mass is 9.91. The highest BCUT2D eigenvalue weighted by atomic mass is 16.5. The van der Waals surface area contributed by atoms with E-state index in [0.29, 0.717) is 12.3 Å². The van der Waals surface area contributed by atoms with Crippen LogP contribution in [-0.2, 0) is 9.53 Å². The molecule has 0 aromatic rings. The van der Waals surface area contributed by atoms with Gasteiger partial charge in [-0.2, -0.15) is 0 Å². The van der Waals surface area contributed by atoms with Crippen molar-refractivity contribution in [2.45, 2.75) is 64.2 Å². The first-order chi connectivity index (χ1) is 8.60. The molecule has 4 heteroatoms. The summed E-state index contributed by atoms with van der Waals surface area (Å²) in [7, 11) is 0. The van der Waals surface area contributed by atoms with Crippen molar-refractivity contribution in [3.8, 4) is 0 Å². The van der Waals surface area contributed by atoms with Gasteiger partial charge in [0.15, 0.2) is 0 Å². The van der Waals surface area contributed by atoms with Crippen molar-refractivity contribution in [3.05, 3.63) is 0 Å². The lowest BCUT2D eigenvalue weighted by molar-refractivity contribution is -0.134. The van der Waals surface area contributed by atoms with E-state index >= 15 is 0 Å². The van der Waals surface area contributed by atoms with Crippen LogP contribution in [0, 0.1) is 11.8 Å². The van der Waals surface area contributed by atoms with Gasteiger partial charge in [-0.25, -0.2) is 0 Å². The monoisotopic (exact) mass is 255 g/mol. The molecule has 0 aromatic heterocycles. The first-order valence-corrected chi connectivity index (χ1v) is 7.16. The molecule has 2 aliphatic rings. The third kappa shape index (κ3) is 3.69. The fourth-order valence-electron chi connectivity index (χ4n) is 2.98. The smallest absolute Gasteiger partial charge is 0.223 e. The Hall–Kier alpha value is -0.610. The molecule has 2 N–H and O–H groups in total. The molecule has 1 aliphatic heterocycles. The average molecular weight is 255 g/mol. The van der Waals surface area contributed by atoms with Gasteiger partial charge in [-0.15, -0.1) is 0 Å². The number of ether oxygens (including phenoxy) is 1. The van der Waals surface area contributed by atoms with E-state index < -0.39 is 0 Å². The molecule has 0 radical (unpaired) electrons. The summed E-state index contributed by atoms with van der Waals surface area (Å²) in [6.07, 6.45) is 5.02. The molecule has 4 nitrogen and oxygen atoms in total. The minimum Gasteiger partial charge on any atom is -0.396 e. The van der Waals surface area contributed by atoms with Gasteiger partial charge in [-0.1, -0.05) is 0 Å². The summed E-state index contributed by atoms with van der Waals surface area (Å²) in [5.41, 5.74) is 0. The molecule has 1 saturated carbocycles. The molecule has 2 fully saturated rings. The molecular weight excluding hydrogens is 230 g/mol. The van der Waals surface area contributed by atoms with Gasteiger partial charge < -0.3 is 15.2 Å². The predicted octanol–water partition coefficient (Wildman–Crippen LogP) is 1.47. The summed E-state index contributed by atoms with van der Waals surface area (Å²) in [6.45, 7) is 4.21. The zero-order chi connectivity index (χ0) is 13.1. The SMILES string of the molecule is CC1CC(C(=O)NC(CCO)C2CC2)CC(C)O1. The average Bonchev–Trinajstić information content (AvgIpc) is 3.10. The third-order valence-corrected chi connectivity index (χ3v) is 4.03. The molecular formula is C14H25NO3. The Bertz CT molecular complexity index is 281. The zero-order valence-corrected chi connectivity index (χ0v) is 11.4. The summed E-state index contributed by atoms with van der Waals surface area (Å²) < 4.78 is 5.66. The maximum absolute atomic E-state index is 12.3. The van der Waals surface area contributed by atoms with E-state index in [4.69, 9.17) is 9.84 Å². The fraction of sp³-hybridized carbons (Fsp3) is 0.929. The number of amides is 1. The molecule has 3 unspecified atom stereocenters. The van der Waals surface area contributed by atoms with Crippen LogP contribution in [-0.4, -0.2) is 35.9 Å². The van der Waals surface area contributed by atoms with Crippen LogP contribution in [0.2, 0.25) is 0 Å². The Labute approximate surface area is 109 Å². The Morgan fingerprint density at radius 2 is 1.94 bits per heavy atom. The first-order valence-electron chi connectivity index (χ1n) is 7.16. The Morgan fingerprint density at radius 3 is 2.44 bits per heavy atom. The molecule has 1 saturated heterocycles. The van der Waals surface area contributed by atoms with Gasteiger partial charge >= 0.3 is 0 Å². The standard InChI is InChI=1S/C14H25NO3/c1-9-7-12(8-10(2)18-9)14(17)15-13(5-6-16)11-3-4-11/h9-13,16H,3-8H2,1-2H3,(H,15,17). The normalized spacial score (nSPS) is 34.1. The molecule has 0 bridgehead atoms. The summed E-state index contributed by atoms with van der Waals surface area (Å²) in [4.78, 5) is 12.3. The molecule has 2 rings (SSSR count). The van der Waals surface area contributed by atoms with Crippen molar-refractivity contribution < 1.29 is 14.6 Å². The molecule has 0 aromatic carbocycles. The van der Waals surface area contributed by atoms with Crippen LogP contribution in [0.25, 0.3) is 0 Å². The van der Waals surface area contributed by atoms with Gasteiger partial charge in [-0.3, -0.25) is 4.79 Å².